The summed E-state index contributed by atoms with van der Waals surface area (Å²) in [4.78, 5) is 8.60. The van der Waals surface area contributed by atoms with Crippen molar-refractivity contribution < 1.29 is 4.84 Å². The molecule has 1 aromatic carbocycles. The zero-order valence-electron chi connectivity index (χ0n) is 17.0. The first-order valence-corrected chi connectivity index (χ1v) is 10.7. The number of benzene rings is 1. The molecule has 2 aliphatic rings. The van der Waals surface area contributed by atoms with Crippen LogP contribution in [0.1, 0.15) is 64.4 Å². The maximum absolute atomic E-state index is 6.15. The van der Waals surface area contributed by atoms with Crippen molar-refractivity contribution in [3.05, 3.63) is 41.5 Å². The molecule has 1 N–H and O–H groups in total. The van der Waals surface area contributed by atoms with Crippen LogP contribution in [0.15, 0.2) is 41.1 Å². The van der Waals surface area contributed by atoms with E-state index in [1.54, 1.807) is 0 Å². The van der Waals surface area contributed by atoms with E-state index in [0.29, 0.717) is 6.04 Å². The van der Waals surface area contributed by atoms with E-state index in [1.165, 1.54) is 36.8 Å². The Hall–Kier alpha value is -1.65. The summed E-state index contributed by atoms with van der Waals surface area (Å²) in [6.07, 6.45) is 10.5. The summed E-state index contributed by atoms with van der Waals surface area (Å²) in [6.45, 7) is 7.53. The van der Waals surface area contributed by atoms with Gasteiger partial charge in [0.25, 0.3) is 0 Å². The van der Waals surface area contributed by atoms with Crippen molar-refractivity contribution in [3.63, 3.8) is 0 Å². The van der Waals surface area contributed by atoms with Crippen molar-refractivity contribution in [2.24, 2.45) is 5.16 Å². The van der Waals surface area contributed by atoms with Crippen molar-refractivity contribution in [2.45, 2.75) is 71.1 Å². The van der Waals surface area contributed by atoms with E-state index in [4.69, 9.17) is 9.99 Å². The fraction of sp³-hybridized carbons (Fsp3) is 0.609. The van der Waals surface area contributed by atoms with Crippen LogP contribution in [-0.4, -0.2) is 42.5 Å². The third kappa shape index (κ3) is 5.91. The van der Waals surface area contributed by atoms with Crippen molar-refractivity contribution in [2.75, 3.05) is 19.6 Å². The molecule has 0 spiro atoms. The van der Waals surface area contributed by atoms with Crippen molar-refractivity contribution in [1.29, 1.82) is 0 Å². The molecule has 0 radical (unpaired) electrons. The molecular weight excluding hydrogens is 334 g/mol. The highest BCUT2D eigenvalue weighted by atomic mass is 16.6. The standard InChI is InChI=1S/C23H35N3O/c1-3-23(26-16-15-24-18-19(26)2)27-25-22-14-10-5-4-9-13-21(22)17-20-11-7-6-8-12-20/h6-8,11-12,17,19,23-24H,3-5,9-10,13-16,18H2,1-2H3/b21-17-,25-22-. The van der Waals surface area contributed by atoms with Crippen LogP contribution in [0.5, 0.6) is 0 Å². The van der Waals surface area contributed by atoms with Crippen LogP contribution >= 0.6 is 0 Å². The second-order valence-corrected chi connectivity index (χ2v) is 7.79. The molecule has 0 aromatic heterocycles. The molecule has 2 atom stereocenters. The number of piperazine rings is 1. The lowest BCUT2D eigenvalue weighted by Crippen LogP contribution is -2.54. The zero-order valence-corrected chi connectivity index (χ0v) is 17.0. The number of nitrogens with one attached hydrogen (secondary N) is 1. The Labute approximate surface area is 164 Å². The molecule has 148 valence electrons. The first kappa shape index (κ1) is 20.1. The zero-order chi connectivity index (χ0) is 18.9. The highest BCUT2D eigenvalue weighted by Gasteiger charge is 2.26. The molecule has 4 nitrogen and oxygen atoms in total. The minimum absolute atomic E-state index is 0.0676. The quantitative estimate of drug-likeness (QED) is 0.756. The molecule has 1 saturated heterocycles. The molecule has 2 unspecified atom stereocenters. The summed E-state index contributed by atoms with van der Waals surface area (Å²) in [5.74, 6) is 0. The van der Waals surface area contributed by atoms with Gasteiger partial charge in [-0.05, 0) is 56.2 Å². The normalized spacial score (nSPS) is 26.5. The molecule has 3 rings (SSSR count). The van der Waals surface area contributed by atoms with Gasteiger partial charge in [0, 0.05) is 25.7 Å². The SMILES string of the molecule is CCC(O/N=C1/CCCCCC/C1=C/c1ccccc1)N1CCNCC1C. The number of hydrogen-bond acceptors (Lipinski definition) is 4. The molecule has 2 fully saturated rings. The van der Waals surface area contributed by atoms with Gasteiger partial charge in [-0.25, -0.2) is 0 Å². The first-order valence-electron chi connectivity index (χ1n) is 10.7. The van der Waals surface area contributed by atoms with E-state index in [9.17, 15) is 0 Å². The number of rotatable bonds is 5. The molecule has 4 heteroatoms. The molecule has 1 aliphatic carbocycles. The summed E-state index contributed by atoms with van der Waals surface area (Å²) in [6, 6.07) is 11.1. The smallest absolute Gasteiger partial charge is 0.181 e. The fourth-order valence-electron chi connectivity index (χ4n) is 4.06. The van der Waals surface area contributed by atoms with Crippen molar-refractivity contribution in [1.82, 2.24) is 10.2 Å². The van der Waals surface area contributed by atoms with Crippen LogP contribution in [0.25, 0.3) is 6.08 Å². The lowest BCUT2D eigenvalue weighted by atomic mass is 9.93. The average molecular weight is 370 g/mol. The second-order valence-electron chi connectivity index (χ2n) is 7.79. The second kappa shape index (κ2) is 10.6. The molecule has 1 aliphatic heterocycles. The van der Waals surface area contributed by atoms with Crippen LogP contribution in [0, 0.1) is 0 Å². The largest absolute Gasteiger partial charge is 0.376 e. The molecule has 0 bridgehead atoms. The Morgan fingerprint density at radius 3 is 2.70 bits per heavy atom. The predicted octanol–water partition coefficient (Wildman–Crippen LogP) is 4.83. The lowest BCUT2D eigenvalue weighted by Gasteiger charge is -2.38. The van der Waals surface area contributed by atoms with Crippen LogP contribution in [0.3, 0.4) is 0 Å². The highest BCUT2D eigenvalue weighted by Crippen LogP contribution is 2.23. The third-order valence-corrected chi connectivity index (χ3v) is 5.68. The predicted molar refractivity (Wildman–Crippen MR) is 114 cm³/mol. The van der Waals surface area contributed by atoms with Gasteiger partial charge >= 0.3 is 0 Å². The van der Waals surface area contributed by atoms with Crippen LogP contribution in [-0.2, 0) is 4.84 Å². The summed E-state index contributed by atoms with van der Waals surface area (Å²) in [7, 11) is 0. The van der Waals surface area contributed by atoms with E-state index in [0.717, 1.165) is 44.6 Å². The van der Waals surface area contributed by atoms with E-state index < -0.39 is 0 Å². The van der Waals surface area contributed by atoms with Gasteiger partial charge in [-0.3, -0.25) is 4.90 Å². The highest BCUT2D eigenvalue weighted by molar-refractivity contribution is 6.03. The first-order chi connectivity index (χ1) is 13.3. The summed E-state index contributed by atoms with van der Waals surface area (Å²) >= 11 is 0. The van der Waals surface area contributed by atoms with E-state index in [-0.39, 0.29) is 6.23 Å². The van der Waals surface area contributed by atoms with E-state index in [2.05, 4.69) is 60.5 Å². The lowest BCUT2D eigenvalue weighted by molar-refractivity contribution is -0.0828. The molecule has 1 heterocycles. The maximum atomic E-state index is 6.15. The monoisotopic (exact) mass is 369 g/mol. The minimum Gasteiger partial charge on any atom is -0.376 e. The van der Waals surface area contributed by atoms with Gasteiger partial charge in [-0.15, -0.1) is 0 Å². The minimum atomic E-state index is 0.0676. The average Bonchev–Trinajstić information content (AvgIpc) is 2.68. The summed E-state index contributed by atoms with van der Waals surface area (Å²) in [5, 5.41) is 8.19. The Kier molecular flexibility index (Phi) is 7.91. The third-order valence-electron chi connectivity index (χ3n) is 5.68. The Bertz CT molecular complexity index is 626. The van der Waals surface area contributed by atoms with Gasteiger partial charge in [0.1, 0.15) is 0 Å². The summed E-state index contributed by atoms with van der Waals surface area (Å²) < 4.78 is 0. The van der Waals surface area contributed by atoms with Gasteiger partial charge in [0.2, 0.25) is 0 Å². The molecule has 0 amide bonds. The Balaban J connectivity index is 1.77. The summed E-state index contributed by atoms with van der Waals surface area (Å²) in [5.41, 5.74) is 3.76. The van der Waals surface area contributed by atoms with Crippen LogP contribution < -0.4 is 5.32 Å². The van der Waals surface area contributed by atoms with E-state index in [1.807, 2.05) is 0 Å². The fourth-order valence-corrected chi connectivity index (χ4v) is 4.06. The number of oxime groups is 1. The number of allylic oxidation sites excluding steroid dienone is 1. The maximum Gasteiger partial charge on any atom is 0.181 e. The molecule has 1 aromatic rings. The molecule has 1 saturated carbocycles. The van der Waals surface area contributed by atoms with Gasteiger partial charge < -0.3 is 10.2 Å². The van der Waals surface area contributed by atoms with Gasteiger partial charge in [-0.2, -0.15) is 0 Å². The number of hydrogen-bond donors (Lipinski definition) is 1. The van der Waals surface area contributed by atoms with Crippen LogP contribution in [0.2, 0.25) is 0 Å². The Morgan fingerprint density at radius 1 is 1.19 bits per heavy atom. The van der Waals surface area contributed by atoms with E-state index >= 15 is 0 Å². The van der Waals surface area contributed by atoms with Gasteiger partial charge in [-0.1, -0.05) is 55.3 Å². The molecule has 27 heavy (non-hydrogen) atoms. The topological polar surface area (TPSA) is 36.9 Å². The van der Waals surface area contributed by atoms with Crippen LogP contribution in [0.4, 0.5) is 0 Å². The Morgan fingerprint density at radius 2 is 1.96 bits per heavy atom. The molecular formula is C23H35N3O. The van der Waals surface area contributed by atoms with Crippen molar-refractivity contribution >= 4 is 11.8 Å². The van der Waals surface area contributed by atoms with Crippen molar-refractivity contribution in [3.8, 4) is 0 Å². The van der Waals surface area contributed by atoms with Gasteiger partial charge in [0.15, 0.2) is 6.23 Å². The van der Waals surface area contributed by atoms with Gasteiger partial charge in [0.05, 0.1) is 5.71 Å². The number of nitrogens with zero attached hydrogens (tertiary/aromatic N) is 2.